The molecule has 1 aromatic rings. The van der Waals surface area contributed by atoms with Crippen molar-refractivity contribution in [3.05, 3.63) is 23.7 Å². The van der Waals surface area contributed by atoms with Gasteiger partial charge in [0.05, 0.1) is 12.3 Å². The monoisotopic (exact) mass is 307 g/mol. The van der Waals surface area contributed by atoms with Gasteiger partial charge in [0.2, 0.25) is 0 Å². The van der Waals surface area contributed by atoms with Crippen molar-refractivity contribution in [1.29, 1.82) is 0 Å². The van der Waals surface area contributed by atoms with Crippen LogP contribution in [-0.2, 0) is 4.74 Å². The molecule has 1 aliphatic carbocycles. The van der Waals surface area contributed by atoms with Crippen molar-refractivity contribution in [2.75, 3.05) is 13.2 Å². The summed E-state index contributed by atoms with van der Waals surface area (Å²) in [6.45, 7) is 3.82. The van der Waals surface area contributed by atoms with Crippen LogP contribution in [-0.4, -0.2) is 30.6 Å². The van der Waals surface area contributed by atoms with E-state index in [0.717, 1.165) is 43.4 Å². The largest absolute Gasteiger partial charge is 0.460 e. The summed E-state index contributed by atoms with van der Waals surface area (Å²) in [6.07, 6.45) is 5.36. The Hall–Kier alpha value is -1.40. The number of rotatable bonds is 5. The van der Waals surface area contributed by atoms with E-state index in [1.54, 1.807) is 6.21 Å². The van der Waals surface area contributed by atoms with E-state index in [0.29, 0.717) is 11.0 Å². The second-order valence-electron chi connectivity index (χ2n) is 5.77. The molecule has 0 unspecified atom stereocenters. The van der Waals surface area contributed by atoms with E-state index in [4.69, 9.17) is 21.4 Å². The van der Waals surface area contributed by atoms with Crippen LogP contribution >= 0.6 is 12.2 Å². The highest BCUT2D eigenvalue weighted by molar-refractivity contribution is 7.80. The number of furan rings is 1. The van der Waals surface area contributed by atoms with Gasteiger partial charge in [-0.3, -0.25) is 5.43 Å². The molecule has 2 fully saturated rings. The second kappa shape index (κ2) is 6.58. The minimum atomic E-state index is 0.266. The lowest BCUT2D eigenvalue weighted by molar-refractivity contribution is 0.114. The lowest BCUT2D eigenvalue weighted by Crippen LogP contribution is -2.37. The molecule has 0 bridgehead atoms. The lowest BCUT2D eigenvalue weighted by atomic mass is 10.2. The van der Waals surface area contributed by atoms with E-state index in [1.165, 1.54) is 6.42 Å². The maximum atomic E-state index is 5.73. The molecule has 1 aliphatic heterocycles. The third-order valence-corrected chi connectivity index (χ3v) is 4.23. The zero-order valence-corrected chi connectivity index (χ0v) is 13.0. The van der Waals surface area contributed by atoms with E-state index < -0.39 is 0 Å². The predicted molar refractivity (Wildman–Crippen MR) is 85.5 cm³/mol. The van der Waals surface area contributed by atoms with Crippen LogP contribution in [0, 0.1) is 5.92 Å². The Morgan fingerprint density at radius 3 is 3.10 bits per heavy atom. The van der Waals surface area contributed by atoms with Gasteiger partial charge >= 0.3 is 0 Å². The second-order valence-corrected chi connectivity index (χ2v) is 6.18. The van der Waals surface area contributed by atoms with E-state index >= 15 is 0 Å². The van der Waals surface area contributed by atoms with Crippen LogP contribution in [0.2, 0.25) is 0 Å². The number of nitrogens with one attached hydrogen (secondary N) is 2. The summed E-state index contributed by atoms with van der Waals surface area (Å²) in [5.74, 6) is 3.14. The minimum Gasteiger partial charge on any atom is -0.460 e. The smallest absolute Gasteiger partial charge is 0.187 e. The Morgan fingerprint density at radius 1 is 1.52 bits per heavy atom. The Kier molecular flexibility index (Phi) is 4.55. The molecule has 0 spiro atoms. The Balaban J connectivity index is 1.39. The molecule has 2 aliphatic rings. The number of hydrazone groups is 1. The van der Waals surface area contributed by atoms with Crippen molar-refractivity contribution in [3.8, 4) is 0 Å². The van der Waals surface area contributed by atoms with Gasteiger partial charge < -0.3 is 14.5 Å². The van der Waals surface area contributed by atoms with Crippen LogP contribution in [0.15, 0.2) is 21.7 Å². The standard InChI is InChI=1S/C15H21N3O2S/c1-10-7-13(10)14-5-4-12(20-14)9-17-18-15(21)16-8-11-3-2-6-19-11/h4-5,9-11,13H,2-3,6-8H2,1H3,(H2,16,18,21)/b17-9-/t10-,11-,13-/m0/s1. The van der Waals surface area contributed by atoms with Gasteiger partial charge in [0.25, 0.3) is 0 Å². The highest BCUT2D eigenvalue weighted by atomic mass is 32.1. The number of ether oxygens (including phenoxy) is 1. The molecule has 0 radical (unpaired) electrons. The molecular formula is C15H21N3O2S. The lowest BCUT2D eigenvalue weighted by Gasteiger charge is -2.11. The molecule has 6 heteroatoms. The summed E-state index contributed by atoms with van der Waals surface area (Å²) in [7, 11) is 0. The number of hydrogen-bond acceptors (Lipinski definition) is 4. The van der Waals surface area contributed by atoms with Gasteiger partial charge in [0.15, 0.2) is 5.11 Å². The molecule has 1 saturated heterocycles. The van der Waals surface area contributed by atoms with E-state index in [2.05, 4.69) is 22.8 Å². The van der Waals surface area contributed by atoms with Crippen LogP contribution in [0.5, 0.6) is 0 Å². The fourth-order valence-corrected chi connectivity index (χ4v) is 2.70. The van der Waals surface area contributed by atoms with Crippen molar-refractivity contribution in [2.24, 2.45) is 11.0 Å². The fraction of sp³-hybridized carbons (Fsp3) is 0.600. The highest BCUT2D eigenvalue weighted by Gasteiger charge is 2.36. The van der Waals surface area contributed by atoms with Crippen molar-refractivity contribution < 1.29 is 9.15 Å². The van der Waals surface area contributed by atoms with Crippen molar-refractivity contribution >= 4 is 23.5 Å². The van der Waals surface area contributed by atoms with Crippen LogP contribution in [0.25, 0.3) is 0 Å². The maximum absolute atomic E-state index is 5.73. The number of nitrogens with zero attached hydrogens (tertiary/aromatic N) is 1. The predicted octanol–water partition coefficient (Wildman–Crippen LogP) is 2.38. The van der Waals surface area contributed by atoms with Gasteiger partial charge in [-0.25, -0.2) is 0 Å². The SMILES string of the molecule is C[C@H]1C[C@@H]1c1ccc(/C=N\NC(=S)NC[C@@H]2CCCO2)o1. The average molecular weight is 307 g/mol. The molecule has 2 N–H and O–H groups in total. The Labute approximate surface area is 130 Å². The summed E-state index contributed by atoms with van der Waals surface area (Å²) < 4.78 is 11.2. The van der Waals surface area contributed by atoms with Crippen molar-refractivity contribution in [3.63, 3.8) is 0 Å². The third kappa shape index (κ3) is 4.04. The van der Waals surface area contributed by atoms with Gasteiger partial charge in [0, 0.05) is 19.1 Å². The number of thiocarbonyl (C=S) groups is 1. The molecule has 2 heterocycles. The van der Waals surface area contributed by atoms with Gasteiger partial charge in [-0.1, -0.05) is 6.92 Å². The molecule has 5 nitrogen and oxygen atoms in total. The molecule has 3 rings (SSSR count). The number of hydrogen-bond donors (Lipinski definition) is 2. The quantitative estimate of drug-likeness (QED) is 0.497. The molecule has 1 saturated carbocycles. The zero-order valence-electron chi connectivity index (χ0n) is 12.2. The van der Waals surface area contributed by atoms with Gasteiger partial charge in [-0.2, -0.15) is 5.10 Å². The summed E-state index contributed by atoms with van der Waals surface area (Å²) in [5, 5.41) is 7.69. The fourth-order valence-electron chi connectivity index (χ4n) is 2.56. The Bertz CT molecular complexity index is 523. The van der Waals surface area contributed by atoms with E-state index in [-0.39, 0.29) is 6.10 Å². The molecular weight excluding hydrogens is 286 g/mol. The average Bonchev–Trinajstić information content (AvgIpc) is 2.90. The van der Waals surface area contributed by atoms with E-state index in [9.17, 15) is 0 Å². The normalized spacial score (nSPS) is 28.0. The van der Waals surface area contributed by atoms with Gasteiger partial charge in [0.1, 0.15) is 11.5 Å². The molecule has 114 valence electrons. The summed E-state index contributed by atoms with van der Waals surface area (Å²) in [5.41, 5.74) is 2.79. The highest BCUT2D eigenvalue weighted by Crippen LogP contribution is 2.47. The van der Waals surface area contributed by atoms with Crippen LogP contribution in [0.3, 0.4) is 0 Å². The van der Waals surface area contributed by atoms with Crippen LogP contribution in [0.4, 0.5) is 0 Å². The van der Waals surface area contributed by atoms with Crippen molar-refractivity contribution in [1.82, 2.24) is 10.7 Å². The first-order chi connectivity index (χ1) is 10.2. The molecule has 3 atom stereocenters. The topological polar surface area (TPSA) is 58.8 Å². The summed E-state index contributed by atoms with van der Waals surface area (Å²) in [4.78, 5) is 0. The first-order valence-electron chi connectivity index (χ1n) is 7.50. The molecule has 0 amide bonds. The molecule has 21 heavy (non-hydrogen) atoms. The first-order valence-corrected chi connectivity index (χ1v) is 7.91. The minimum absolute atomic E-state index is 0.266. The summed E-state index contributed by atoms with van der Waals surface area (Å²) >= 11 is 5.15. The third-order valence-electron chi connectivity index (χ3n) is 3.99. The Morgan fingerprint density at radius 2 is 2.38 bits per heavy atom. The van der Waals surface area contributed by atoms with Gasteiger partial charge in [-0.15, -0.1) is 0 Å². The van der Waals surface area contributed by atoms with Crippen LogP contribution < -0.4 is 10.7 Å². The van der Waals surface area contributed by atoms with Gasteiger partial charge in [-0.05, 0) is 49.5 Å². The van der Waals surface area contributed by atoms with Crippen LogP contribution in [0.1, 0.15) is 43.6 Å². The zero-order chi connectivity index (χ0) is 14.7. The maximum Gasteiger partial charge on any atom is 0.187 e. The molecule has 0 aromatic carbocycles. The first kappa shape index (κ1) is 14.5. The van der Waals surface area contributed by atoms with E-state index in [1.807, 2.05) is 12.1 Å². The summed E-state index contributed by atoms with van der Waals surface area (Å²) in [6, 6.07) is 3.97. The molecule has 1 aromatic heterocycles. The van der Waals surface area contributed by atoms with Crippen molar-refractivity contribution in [2.45, 2.75) is 38.2 Å².